The van der Waals surface area contributed by atoms with Gasteiger partial charge >= 0.3 is 0 Å². The molecular weight excluding hydrogens is 324 g/mol. The van der Waals surface area contributed by atoms with Crippen molar-refractivity contribution >= 4 is 5.91 Å². The van der Waals surface area contributed by atoms with Crippen molar-refractivity contribution in [3.05, 3.63) is 23.8 Å². The van der Waals surface area contributed by atoms with Crippen LogP contribution in [0.4, 0.5) is 0 Å². The van der Waals surface area contributed by atoms with E-state index in [0.717, 1.165) is 36.8 Å². The second kappa shape index (κ2) is 8.47. The number of piperidine rings is 2. The molecule has 0 aromatic carbocycles. The lowest BCUT2D eigenvalue weighted by molar-refractivity contribution is -0.140. The molecule has 2 saturated heterocycles. The number of hydrogen-bond donors (Lipinski definition) is 0. The zero-order chi connectivity index (χ0) is 18.6. The van der Waals surface area contributed by atoms with E-state index in [-0.39, 0.29) is 11.3 Å². The number of hydrogen-bond acceptors (Lipinski definition) is 4. The third kappa shape index (κ3) is 5.03. The molecule has 0 radical (unpaired) electrons. The lowest BCUT2D eigenvalue weighted by Gasteiger charge is -2.48. The molecule has 1 unspecified atom stereocenters. The van der Waals surface area contributed by atoms with E-state index in [1.54, 1.807) is 6.20 Å². The minimum Gasteiger partial charge on any atom is -0.336 e. The van der Waals surface area contributed by atoms with Gasteiger partial charge in [-0.2, -0.15) is 0 Å². The van der Waals surface area contributed by atoms with Crippen LogP contribution in [0.5, 0.6) is 0 Å². The van der Waals surface area contributed by atoms with Gasteiger partial charge in [-0.05, 0) is 58.0 Å². The number of likely N-dealkylation sites (tertiary alicyclic amines) is 2. The van der Waals surface area contributed by atoms with Crippen molar-refractivity contribution in [3.63, 3.8) is 0 Å². The van der Waals surface area contributed by atoms with Gasteiger partial charge in [-0.25, -0.2) is 0 Å². The first-order valence-corrected chi connectivity index (χ1v) is 10.2. The van der Waals surface area contributed by atoms with Crippen LogP contribution in [0.1, 0.15) is 63.8 Å². The Hall–Kier alpha value is -1.49. The number of amides is 1. The van der Waals surface area contributed by atoms with Gasteiger partial charge in [0.05, 0.1) is 24.1 Å². The molecular formula is C21H34N4O. The molecule has 3 rings (SSSR count). The Morgan fingerprint density at radius 2 is 2.04 bits per heavy atom. The fraction of sp³-hybridized carbons (Fsp3) is 0.762. The van der Waals surface area contributed by atoms with Crippen molar-refractivity contribution in [3.8, 4) is 0 Å². The first kappa shape index (κ1) is 19.3. The van der Waals surface area contributed by atoms with Gasteiger partial charge in [0.2, 0.25) is 5.91 Å². The monoisotopic (exact) mass is 358 g/mol. The molecule has 1 aromatic rings. The van der Waals surface area contributed by atoms with E-state index < -0.39 is 0 Å². The maximum absolute atomic E-state index is 12.5. The van der Waals surface area contributed by atoms with E-state index in [0.29, 0.717) is 13.0 Å². The molecule has 5 nitrogen and oxygen atoms in total. The van der Waals surface area contributed by atoms with Crippen molar-refractivity contribution in [2.24, 2.45) is 11.3 Å². The Kier molecular flexibility index (Phi) is 6.28. The number of aryl methyl sites for hydroxylation is 1. The molecule has 1 atom stereocenters. The number of rotatable bonds is 6. The molecule has 3 heterocycles. The summed E-state index contributed by atoms with van der Waals surface area (Å²) in [5.74, 6) is 1.06. The Morgan fingerprint density at radius 3 is 2.77 bits per heavy atom. The minimum atomic E-state index is 0.273. The summed E-state index contributed by atoms with van der Waals surface area (Å²) < 4.78 is 0. The zero-order valence-corrected chi connectivity index (χ0v) is 16.7. The van der Waals surface area contributed by atoms with Crippen molar-refractivity contribution in [1.29, 1.82) is 0 Å². The third-order valence-corrected chi connectivity index (χ3v) is 5.93. The van der Waals surface area contributed by atoms with Crippen LogP contribution in [-0.4, -0.2) is 51.9 Å². The smallest absolute Gasteiger partial charge is 0.222 e. The summed E-state index contributed by atoms with van der Waals surface area (Å²) in [5.41, 5.74) is 2.09. The van der Waals surface area contributed by atoms with Crippen molar-refractivity contribution in [2.45, 2.75) is 65.8 Å². The molecule has 2 aliphatic rings. The number of aromatic nitrogens is 2. The van der Waals surface area contributed by atoms with Crippen LogP contribution >= 0.6 is 0 Å². The highest BCUT2D eigenvalue weighted by Crippen LogP contribution is 2.39. The van der Waals surface area contributed by atoms with Crippen molar-refractivity contribution < 1.29 is 4.79 Å². The van der Waals surface area contributed by atoms with Crippen LogP contribution in [0, 0.1) is 18.3 Å². The molecule has 1 aromatic heterocycles. The van der Waals surface area contributed by atoms with Gasteiger partial charge in [0, 0.05) is 31.1 Å². The van der Waals surface area contributed by atoms with Crippen LogP contribution in [0.3, 0.4) is 0 Å². The SMILES string of the molecule is Cc1cnc(CN2CC3(CCCN(CCCC(C)C)C3)CCC2=O)cn1. The zero-order valence-electron chi connectivity index (χ0n) is 16.7. The molecule has 26 heavy (non-hydrogen) atoms. The van der Waals surface area contributed by atoms with Gasteiger partial charge in [-0.1, -0.05) is 13.8 Å². The number of carbonyl (C=O) groups excluding carboxylic acids is 1. The van der Waals surface area contributed by atoms with Crippen LogP contribution < -0.4 is 0 Å². The van der Waals surface area contributed by atoms with Crippen LogP contribution in [-0.2, 0) is 11.3 Å². The predicted octanol–water partition coefficient (Wildman–Crippen LogP) is 3.43. The summed E-state index contributed by atoms with van der Waals surface area (Å²) in [6.45, 7) is 11.6. The average Bonchev–Trinajstić information content (AvgIpc) is 2.60. The van der Waals surface area contributed by atoms with Gasteiger partial charge < -0.3 is 9.80 Å². The van der Waals surface area contributed by atoms with Gasteiger partial charge in [-0.3, -0.25) is 14.8 Å². The van der Waals surface area contributed by atoms with Gasteiger partial charge in [0.25, 0.3) is 0 Å². The molecule has 0 bridgehead atoms. The van der Waals surface area contributed by atoms with E-state index >= 15 is 0 Å². The van der Waals surface area contributed by atoms with E-state index in [2.05, 4.69) is 28.7 Å². The summed E-state index contributed by atoms with van der Waals surface area (Å²) in [6.07, 6.45) is 10.4. The molecule has 0 aliphatic carbocycles. The summed E-state index contributed by atoms with van der Waals surface area (Å²) in [4.78, 5) is 25.9. The quantitative estimate of drug-likeness (QED) is 0.782. The fourth-order valence-electron chi connectivity index (χ4n) is 4.50. The van der Waals surface area contributed by atoms with E-state index in [9.17, 15) is 4.79 Å². The van der Waals surface area contributed by atoms with Crippen molar-refractivity contribution in [2.75, 3.05) is 26.2 Å². The van der Waals surface area contributed by atoms with Gasteiger partial charge in [0.15, 0.2) is 0 Å². The van der Waals surface area contributed by atoms with E-state index in [4.69, 9.17) is 0 Å². The first-order chi connectivity index (χ1) is 12.5. The maximum Gasteiger partial charge on any atom is 0.222 e. The summed E-state index contributed by atoms with van der Waals surface area (Å²) in [5, 5.41) is 0. The fourth-order valence-corrected chi connectivity index (χ4v) is 4.50. The summed E-state index contributed by atoms with van der Waals surface area (Å²) >= 11 is 0. The second-order valence-electron chi connectivity index (χ2n) is 8.81. The molecule has 2 aliphatic heterocycles. The summed E-state index contributed by atoms with van der Waals surface area (Å²) in [7, 11) is 0. The van der Waals surface area contributed by atoms with E-state index in [1.807, 2.05) is 18.0 Å². The molecule has 0 N–H and O–H groups in total. The Labute approximate surface area is 158 Å². The minimum absolute atomic E-state index is 0.273. The third-order valence-electron chi connectivity index (χ3n) is 5.93. The highest BCUT2D eigenvalue weighted by atomic mass is 16.2. The average molecular weight is 359 g/mol. The van der Waals surface area contributed by atoms with E-state index in [1.165, 1.54) is 38.8 Å². The molecule has 5 heteroatoms. The van der Waals surface area contributed by atoms with Crippen LogP contribution in [0.15, 0.2) is 12.4 Å². The molecule has 1 spiro atoms. The molecule has 1 amide bonds. The first-order valence-electron chi connectivity index (χ1n) is 10.2. The number of nitrogens with zero attached hydrogens (tertiary/aromatic N) is 4. The summed E-state index contributed by atoms with van der Waals surface area (Å²) in [6, 6.07) is 0. The van der Waals surface area contributed by atoms with Crippen LogP contribution in [0.25, 0.3) is 0 Å². The Bertz CT molecular complexity index is 601. The standard InChI is InChI=1S/C21H34N4O/c1-17(2)6-4-10-24-11-5-8-21(15-24)9-7-20(26)25(16-21)14-19-13-22-18(3)12-23-19/h12-13,17H,4-11,14-16H2,1-3H3. The highest BCUT2D eigenvalue weighted by Gasteiger charge is 2.41. The highest BCUT2D eigenvalue weighted by molar-refractivity contribution is 5.77. The lowest BCUT2D eigenvalue weighted by atomic mass is 9.73. The van der Waals surface area contributed by atoms with Gasteiger partial charge in [-0.15, -0.1) is 0 Å². The normalized spacial score (nSPS) is 24.6. The molecule has 0 saturated carbocycles. The Balaban J connectivity index is 1.60. The number of carbonyl (C=O) groups is 1. The topological polar surface area (TPSA) is 49.3 Å². The lowest BCUT2D eigenvalue weighted by Crippen LogP contribution is -2.53. The Morgan fingerprint density at radius 1 is 1.19 bits per heavy atom. The predicted molar refractivity (Wildman–Crippen MR) is 104 cm³/mol. The largest absolute Gasteiger partial charge is 0.336 e. The van der Waals surface area contributed by atoms with Crippen LogP contribution in [0.2, 0.25) is 0 Å². The molecule has 2 fully saturated rings. The molecule has 144 valence electrons. The van der Waals surface area contributed by atoms with Crippen molar-refractivity contribution in [1.82, 2.24) is 19.8 Å². The van der Waals surface area contributed by atoms with Gasteiger partial charge in [0.1, 0.15) is 0 Å². The maximum atomic E-state index is 12.5. The second-order valence-corrected chi connectivity index (χ2v) is 8.81.